The van der Waals surface area contributed by atoms with Gasteiger partial charge in [-0.05, 0) is 26.2 Å². The summed E-state index contributed by atoms with van der Waals surface area (Å²) in [6.45, 7) is 5.08. The third kappa shape index (κ3) is 4.34. The summed E-state index contributed by atoms with van der Waals surface area (Å²) < 4.78 is 0. The van der Waals surface area contributed by atoms with Crippen molar-refractivity contribution >= 4 is 11.8 Å². The molecule has 5 nitrogen and oxygen atoms in total. The predicted octanol–water partition coefficient (Wildman–Crippen LogP) is 0.241. The molecule has 0 aromatic rings. The fourth-order valence-electron chi connectivity index (χ4n) is 2.06. The molecule has 1 fully saturated rings. The van der Waals surface area contributed by atoms with Crippen LogP contribution in [0.1, 0.15) is 39.5 Å². The standard InChI is InChI=1S/C12H23N3O2/c1-3-4-11(16)14-10-5-7-15(8-6-10)12(17)9(2)13/h9-10H,3-8,13H2,1-2H3,(H,14,16)/t9-/m0/s1. The van der Waals surface area contributed by atoms with Gasteiger partial charge < -0.3 is 16.0 Å². The number of nitrogens with one attached hydrogen (secondary N) is 1. The molecule has 1 heterocycles. The van der Waals surface area contributed by atoms with Crippen LogP contribution in [0.5, 0.6) is 0 Å². The van der Waals surface area contributed by atoms with Gasteiger partial charge in [-0.3, -0.25) is 9.59 Å². The quantitative estimate of drug-likeness (QED) is 0.740. The van der Waals surface area contributed by atoms with Gasteiger partial charge in [-0.25, -0.2) is 0 Å². The van der Waals surface area contributed by atoms with Gasteiger partial charge in [0.1, 0.15) is 0 Å². The van der Waals surface area contributed by atoms with Crippen molar-refractivity contribution in [3.8, 4) is 0 Å². The summed E-state index contributed by atoms with van der Waals surface area (Å²) in [5.74, 6) is 0.118. The highest BCUT2D eigenvalue weighted by Crippen LogP contribution is 2.11. The SMILES string of the molecule is CCCC(=O)NC1CCN(C(=O)[C@H](C)N)CC1. The van der Waals surface area contributed by atoms with Gasteiger partial charge >= 0.3 is 0 Å². The summed E-state index contributed by atoms with van der Waals surface area (Å²) in [5, 5.41) is 3.00. The van der Waals surface area contributed by atoms with Crippen LogP contribution in [-0.4, -0.2) is 41.9 Å². The Hall–Kier alpha value is -1.10. The topological polar surface area (TPSA) is 75.4 Å². The van der Waals surface area contributed by atoms with Crippen molar-refractivity contribution in [3.05, 3.63) is 0 Å². The van der Waals surface area contributed by atoms with Crippen molar-refractivity contribution in [1.29, 1.82) is 0 Å². The van der Waals surface area contributed by atoms with Crippen molar-refractivity contribution in [3.63, 3.8) is 0 Å². The molecule has 3 N–H and O–H groups in total. The maximum absolute atomic E-state index is 11.6. The molecule has 5 heteroatoms. The Bertz CT molecular complexity index is 271. The van der Waals surface area contributed by atoms with E-state index in [9.17, 15) is 9.59 Å². The number of carbonyl (C=O) groups is 2. The second-order valence-corrected chi connectivity index (χ2v) is 4.71. The minimum atomic E-state index is -0.429. The number of piperidine rings is 1. The summed E-state index contributed by atoms with van der Waals surface area (Å²) in [4.78, 5) is 24.9. The zero-order valence-electron chi connectivity index (χ0n) is 10.7. The van der Waals surface area contributed by atoms with Crippen LogP contribution in [0.4, 0.5) is 0 Å². The highest BCUT2D eigenvalue weighted by Gasteiger charge is 2.24. The molecule has 98 valence electrons. The van der Waals surface area contributed by atoms with Gasteiger partial charge in [0.25, 0.3) is 0 Å². The van der Waals surface area contributed by atoms with Crippen molar-refractivity contribution in [2.45, 2.75) is 51.6 Å². The molecular weight excluding hydrogens is 218 g/mol. The molecule has 0 aromatic carbocycles. The summed E-state index contributed by atoms with van der Waals surface area (Å²) >= 11 is 0. The molecule has 0 unspecified atom stereocenters. The summed E-state index contributed by atoms with van der Waals surface area (Å²) in [7, 11) is 0. The van der Waals surface area contributed by atoms with E-state index < -0.39 is 6.04 Å². The van der Waals surface area contributed by atoms with E-state index in [1.807, 2.05) is 6.92 Å². The molecular formula is C12H23N3O2. The number of hydrogen-bond donors (Lipinski definition) is 2. The molecule has 0 radical (unpaired) electrons. The average Bonchev–Trinajstić information content (AvgIpc) is 2.29. The number of nitrogens with two attached hydrogens (primary N) is 1. The minimum absolute atomic E-state index is 0.00309. The second kappa shape index (κ2) is 6.59. The van der Waals surface area contributed by atoms with Crippen LogP contribution in [0.25, 0.3) is 0 Å². The number of nitrogens with zero attached hydrogens (tertiary/aromatic N) is 1. The third-order valence-electron chi connectivity index (χ3n) is 3.04. The first-order chi connectivity index (χ1) is 8.04. The number of hydrogen-bond acceptors (Lipinski definition) is 3. The van der Waals surface area contributed by atoms with Gasteiger partial charge in [0, 0.05) is 25.6 Å². The largest absolute Gasteiger partial charge is 0.353 e. The summed E-state index contributed by atoms with van der Waals surface area (Å²) in [6.07, 6.45) is 3.11. The Morgan fingerprint density at radius 1 is 1.41 bits per heavy atom. The highest BCUT2D eigenvalue weighted by molar-refractivity contribution is 5.81. The normalized spacial score (nSPS) is 18.9. The molecule has 17 heavy (non-hydrogen) atoms. The Balaban J connectivity index is 2.31. The molecule has 2 amide bonds. The monoisotopic (exact) mass is 241 g/mol. The van der Waals surface area contributed by atoms with Gasteiger partial charge in [0.05, 0.1) is 6.04 Å². The van der Waals surface area contributed by atoms with E-state index >= 15 is 0 Å². The van der Waals surface area contributed by atoms with Crippen LogP contribution in [0.3, 0.4) is 0 Å². The van der Waals surface area contributed by atoms with Gasteiger partial charge in [-0.1, -0.05) is 6.92 Å². The van der Waals surface area contributed by atoms with E-state index in [4.69, 9.17) is 5.73 Å². The first-order valence-corrected chi connectivity index (χ1v) is 6.38. The Kier molecular flexibility index (Phi) is 5.41. The van der Waals surface area contributed by atoms with E-state index in [-0.39, 0.29) is 17.9 Å². The van der Waals surface area contributed by atoms with Gasteiger partial charge in [-0.2, -0.15) is 0 Å². The average molecular weight is 241 g/mol. The lowest BCUT2D eigenvalue weighted by molar-refractivity contribution is -0.133. The first kappa shape index (κ1) is 14.0. The molecule has 1 aliphatic heterocycles. The van der Waals surface area contributed by atoms with Crippen LogP contribution in [0.15, 0.2) is 0 Å². The molecule has 1 aliphatic rings. The molecule has 1 rings (SSSR count). The van der Waals surface area contributed by atoms with E-state index in [0.29, 0.717) is 19.5 Å². The zero-order valence-corrected chi connectivity index (χ0v) is 10.7. The molecule has 1 atom stereocenters. The lowest BCUT2D eigenvalue weighted by Crippen LogP contribution is -2.50. The van der Waals surface area contributed by atoms with Crippen molar-refractivity contribution in [1.82, 2.24) is 10.2 Å². The highest BCUT2D eigenvalue weighted by atomic mass is 16.2. The number of carbonyl (C=O) groups excluding carboxylic acids is 2. The zero-order chi connectivity index (χ0) is 12.8. The predicted molar refractivity (Wildman–Crippen MR) is 66.3 cm³/mol. The fraction of sp³-hybridized carbons (Fsp3) is 0.833. The van der Waals surface area contributed by atoms with Gasteiger partial charge in [0.2, 0.25) is 11.8 Å². The van der Waals surface area contributed by atoms with Crippen LogP contribution >= 0.6 is 0 Å². The Morgan fingerprint density at radius 2 is 2.00 bits per heavy atom. The van der Waals surface area contributed by atoms with E-state index in [1.54, 1.807) is 11.8 Å². The lowest BCUT2D eigenvalue weighted by atomic mass is 10.0. The Labute approximate surface area is 103 Å². The number of amides is 2. The first-order valence-electron chi connectivity index (χ1n) is 6.38. The van der Waals surface area contributed by atoms with Gasteiger partial charge in [-0.15, -0.1) is 0 Å². The molecule has 0 saturated carbocycles. The third-order valence-corrected chi connectivity index (χ3v) is 3.04. The number of likely N-dealkylation sites (tertiary alicyclic amines) is 1. The van der Waals surface area contributed by atoms with E-state index in [1.165, 1.54) is 0 Å². The van der Waals surface area contributed by atoms with Crippen LogP contribution in [0.2, 0.25) is 0 Å². The summed E-state index contributed by atoms with van der Waals surface area (Å²) in [5.41, 5.74) is 5.56. The molecule has 0 spiro atoms. The van der Waals surface area contributed by atoms with Crippen molar-refractivity contribution in [2.24, 2.45) is 5.73 Å². The molecule has 1 saturated heterocycles. The fourth-order valence-corrected chi connectivity index (χ4v) is 2.06. The minimum Gasteiger partial charge on any atom is -0.353 e. The van der Waals surface area contributed by atoms with Crippen LogP contribution in [-0.2, 0) is 9.59 Å². The maximum atomic E-state index is 11.6. The van der Waals surface area contributed by atoms with E-state index in [2.05, 4.69) is 5.32 Å². The smallest absolute Gasteiger partial charge is 0.239 e. The molecule has 0 aromatic heterocycles. The lowest BCUT2D eigenvalue weighted by Gasteiger charge is -2.33. The van der Waals surface area contributed by atoms with Crippen molar-refractivity contribution < 1.29 is 9.59 Å². The molecule has 0 aliphatic carbocycles. The number of rotatable bonds is 4. The Morgan fingerprint density at radius 3 is 2.47 bits per heavy atom. The van der Waals surface area contributed by atoms with Crippen LogP contribution < -0.4 is 11.1 Å². The second-order valence-electron chi connectivity index (χ2n) is 4.71. The van der Waals surface area contributed by atoms with E-state index in [0.717, 1.165) is 19.3 Å². The van der Waals surface area contributed by atoms with Gasteiger partial charge in [0.15, 0.2) is 0 Å². The summed E-state index contributed by atoms with van der Waals surface area (Å²) in [6, 6.07) is -0.215. The maximum Gasteiger partial charge on any atom is 0.239 e. The van der Waals surface area contributed by atoms with Crippen LogP contribution in [0, 0.1) is 0 Å². The van der Waals surface area contributed by atoms with Crippen molar-refractivity contribution in [2.75, 3.05) is 13.1 Å². The molecule has 0 bridgehead atoms.